The molecule has 43 heteroatoms. The highest BCUT2D eigenvalue weighted by atomic mass is 16.4. The van der Waals surface area contributed by atoms with E-state index in [0.29, 0.717) is 36.8 Å². The van der Waals surface area contributed by atoms with Crippen LogP contribution < -0.4 is 109 Å². The summed E-state index contributed by atoms with van der Waals surface area (Å²) < 4.78 is 0. The van der Waals surface area contributed by atoms with Crippen molar-refractivity contribution in [3.63, 3.8) is 0 Å². The van der Waals surface area contributed by atoms with Crippen LogP contribution in [0.1, 0.15) is 196 Å². The molecule has 0 radical (unpaired) electrons. The predicted molar refractivity (Wildman–Crippen MR) is 477 cm³/mol. The minimum absolute atomic E-state index is 0.0254. The number of hydrogen-bond donors (Lipinski definition) is 24. The Balaban J connectivity index is 2.04. The number of nitrogens with one attached hydrogen (secondary N) is 13. The van der Waals surface area contributed by atoms with Gasteiger partial charge in [-0.15, -0.1) is 0 Å². The quantitative estimate of drug-likeness (QED) is 0.0169. The third-order valence-corrected chi connectivity index (χ3v) is 21.5. The number of aliphatic hydroxyl groups is 2. The molecule has 31 N–H and O–H groups in total. The molecule has 1 saturated heterocycles. The Bertz CT molecular complexity index is 4060. The topological polar surface area (TPSA) is 725 Å². The monoisotopic (exact) mass is 1820 g/mol. The number of amides is 16. The van der Waals surface area contributed by atoms with Crippen molar-refractivity contribution in [1.82, 2.24) is 74.0 Å². The first-order valence-corrected chi connectivity index (χ1v) is 44.1. The number of phenolic OH excluding ortho intramolecular Hbond substituents is 1. The largest absolute Gasteiger partial charge is 0.508 e. The molecule has 17 atom stereocenters. The second kappa shape index (κ2) is 57.3. The number of aromatic hydroxyl groups is 1. The van der Waals surface area contributed by atoms with Gasteiger partial charge < -0.3 is 135 Å². The molecule has 0 aliphatic carbocycles. The van der Waals surface area contributed by atoms with Crippen molar-refractivity contribution >= 4 is 106 Å². The van der Waals surface area contributed by atoms with E-state index in [1.165, 1.54) is 31.2 Å². The molecule has 16 amide bonds. The van der Waals surface area contributed by atoms with Crippen molar-refractivity contribution in [3.05, 3.63) is 65.7 Å². The van der Waals surface area contributed by atoms with Crippen molar-refractivity contribution in [3.8, 4) is 5.75 Å². The lowest BCUT2D eigenvalue weighted by molar-refractivity contribution is -0.149. The first-order chi connectivity index (χ1) is 60.7. The molecule has 3 rings (SSSR count). The molecule has 722 valence electrons. The second-order valence-corrected chi connectivity index (χ2v) is 34.4. The molecule has 1 aliphatic heterocycles. The van der Waals surface area contributed by atoms with E-state index in [1.807, 2.05) is 13.8 Å². The number of guanidine groups is 1. The highest BCUT2D eigenvalue weighted by Gasteiger charge is 2.43. The van der Waals surface area contributed by atoms with E-state index in [1.54, 1.807) is 85.7 Å². The molecule has 0 aromatic heterocycles. The Hall–Kier alpha value is -11.7. The van der Waals surface area contributed by atoms with Crippen molar-refractivity contribution in [2.24, 2.45) is 74.7 Å². The van der Waals surface area contributed by atoms with Crippen LogP contribution in [0, 0.1) is 29.6 Å². The standard InChI is InChI=1S/C86H142N22O21/c1-12-49(10)69(106-79(122)60(40-47(6)7)99-73(116)57(26-20-36-94-86(92)93)97-81(124)68(48(8)9)105-83(126)70(50(11)110)107-75(118)56(25-17-19-35-88)95-71(114)54(89)38-45(2)3)82(125)98-55(24-16-18-34-87)72(115)101-61(41-51-22-14-13-15-23-51)78(121)100-59(39-46(4)5)76(119)102-62(42-52-28-30-53(111)31-29-52)77(120)96-58(32-33-66(90)112)74(117)104-64(44-109)80(123)103-63(43-67(91)113)84(127)108-37-21-27-65(108)85(128)129/h13-15,22-23,28-31,45-50,54-65,68-70,109-111H,12,16-21,24-27,32-44,87-89H2,1-11H3,(H2,90,112)(H2,91,113)(H,95,114)(H,96,120)(H,97,124)(H,98,125)(H,99,116)(H,100,121)(H,101,115)(H,102,119)(H,103,123)(H,104,117)(H,105,126)(H,106,122)(H,107,118)(H,128,129)(H4,92,93,94)/t49-,50+,54-,55-,56-,57-,58-,59-,60-,61-,62-,63-,64-,65-,68-,69-,70-/m0/s1. The SMILES string of the molecule is CC[C@H](C)[C@H](NC(=O)[C@H](CC(C)C)NC(=O)[C@H](CCCN=C(N)N)NC(=O)[C@@H](NC(=O)[C@@H](NC(=O)[C@H](CCCCN)NC(=O)[C@@H](N)CC(C)C)[C@@H](C)O)C(C)C)C(=O)N[C@@H](CCCCN)C(=O)N[C@@H](Cc1ccccc1)C(=O)N[C@@H](CC(C)C)C(=O)N[C@@H](Cc1ccc(O)cc1)C(=O)N[C@@H](CCC(N)=O)C(=O)N[C@@H](CO)C(=O)N[C@@H](CC(N)=O)C(=O)N1CCC[C@H]1C(=O)O. The van der Waals surface area contributed by atoms with Gasteiger partial charge in [0, 0.05) is 32.4 Å². The van der Waals surface area contributed by atoms with E-state index >= 15 is 14.4 Å². The van der Waals surface area contributed by atoms with Gasteiger partial charge in [0.1, 0.15) is 90.3 Å². The molecule has 1 aliphatic rings. The number of nitrogens with zero attached hydrogens (tertiary/aromatic N) is 2. The Kier molecular flexibility index (Phi) is 49.5. The minimum Gasteiger partial charge on any atom is -0.508 e. The molecule has 129 heavy (non-hydrogen) atoms. The molecule has 2 aromatic carbocycles. The summed E-state index contributed by atoms with van der Waals surface area (Å²) in [5, 5.41) is 75.2. The van der Waals surface area contributed by atoms with Crippen LogP contribution in [0.3, 0.4) is 0 Å². The zero-order valence-corrected chi connectivity index (χ0v) is 76.0. The first kappa shape index (κ1) is 111. The highest BCUT2D eigenvalue weighted by molar-refractivity contribution is 6.01. The average molecular weight is 1820 g/mol. The van der Waals surface area contributed by atoms with Gasteiger partial charge in [-0.1, -0.05) is 118 Å². The maximum Gasteiger partial charge on any atom is 0.326 e. The number of primary amides is 2. The Labute approximate surface area is 753 Å². The average Bonchev–Trinajstić information content (AvgIpc) is 1.60. The van der Waals surface area contributed by atoms with Gasteiger partial charge in [-0.05, 0) is 163 Å². The number of rotatable bonds is 60. The summed E-state index contributed by atoms with van der Waals surface area (Å²) in [5.74, 6) is -19.2. The number of carbonyl (C=O) groups excluding carboxylic acids is 16. The van der Waals surface area contributed by atoms with Gasteiger partial charge >= 0.3 is 5.97 Å². The number of aliphatic imine (C=N–C) groups is 1. The van der Waals surface area contributed by atoms with E-state index in [9.17, 15) is 87.5 Å². The molecule has 43 nitrogen and oxygen atoms in total. The van der Waals surface area contributed by atoms with Gasteiger partial charge in [-0.3, -0.25) is 81.7 Å². The summed E-state index contributed by atoms with van der Waals surface area (Å²) in [6, 6.07) is -8.77. The van der Waals surface area contributed by atoms with Gasteiger partial charge in [0.2, 0.25) is 94.5 Å². The van der Waals surface area contributed by atoms with Crippen LogP contribution in [0.4, 0.5) is 0 Å². The maximum atomic E-state index is 15.1. The fourth-order valence-electron chi connectivity index (χ4n) is 14.2. The summed E-state index contributed by atoms with van der Waals surface area (Å²) in [7, 11) is 0. The second-order valence-electron chi connectivity index (χ2n) is 34.4. The van der Waals surface area contributed by atoms with Crippen LogP contribution in [0.25, 0.3) is 0 Å². The summed E-state index contributed by atoms with van der Waals surface area (Å²) in [6.07, 6.45) is -1.92. The Morgan fingerprint density at radius 3 is 1.28 bits per heavy atom. The number of unbranched alkanes of at least 4 members (excludes halogenated alkanes) is 2. The molecule has 2 aromatic rings. The number of carboxylic acid groups (broad SMARTS) is 1. The number of hydrogen-bond acceptors (Lipinski definition) is 24. The normalized spacial score (nSPS) is 16.2. The van der Waals surface area contributed by atoms with Crippen LogP contribution in [0.2, 0.25) is 0 Å². The fraction of sp³-hybridized carbons (Fsp3) is 0.651. The van der Waals surface area contributed by atoms with Crippen LogP contribution in [-0.2, 0) is 94.3 Å². The van der Waals surface area contributed by atoms with Crippen molar-refractivity contribution in [1.29, 1.82) is 0 Å². The molecule has 1 heterocycles. The van der Waals surface area contributed by atoms with E-state index in [2.05, 4.69) is 74.1 Å². The molecule has 0 bridgehead atoms. The summed E-state index contributed by atoms with van der Waals surface area (Å²) in [4.78, 5) is 244. The lowest BCUT2D eigenvalue weighted by atomic mass is 9.95. The molecule has 0 unspecified atom stereocenters. The van der Waals surface area contributed by atoms with Crippen molar-refractivity contribution in [2.75, 3.05) is 32.8 Å². The smallest absolute Gasteiger partial charge is 0.326 e. The number of likely N-dealkylation sites (tertiary alicyclic amines) is 1. The first-order valence-electron chi connectivity index (χ1n) is 44.1. The van der Waals surface area contributed by atoms with Crippen LogP contribution in [-0.4, -0.2) is 261 Å². The summed E-state index contributed by atoms with van der Waals surface area (Å²) in [6.45, 7) is 17.7. The van der Waals surface area contributed by atoms with Gasteiger partial charge in [-0.2, -0.15) is 0 Å². The Morgan fingerprint density at radius 2 is 0.829 bits per heavy atom. The maximum absolute atomic E-state index is 15.1. The lowest BCUT2D eigenvalue weighted by Crippen LogP contribution is -2.62. The number of carbonyl (C=O) groups is 17. The van der Waals surface area contributed by atoms with Crippen LogP contribution in [0.15, 0.2) is 59.6 Å². The van der Waals surface area contributed by atoms with Gasteiger partial charge in [0.25, 0.3) is 0 Å². The zero-order chi connectivity index (χ0) is 97.1. The number of aliphatic carboxylic acids is 1. The summed E-state index contributed by atoms with van der Waals surface area (Å²) >= 11 is 0. The number of carboxylic acids is 1. The number of phenols is 1. The van der Waals surface area contributed by atoms with Gasteiger partial charge in [-0.25, -0.2) is 4.79 Å². The third kappa shape index (κ3) is 40.2. The molecule has 1 fully saturated rings. The van der Waals surface area contributed by atoms with E-state index < -0.39 is 235 Å². The van der Waals surface area contributed by atoms with Gasteiger partial charge in [0.15, 0.2) is 5.96 Å². The predicted octanol–water partition coefficient (Wildman–Crippen LogP) is -4.45. The van der Waals surface area contributed by atoms with E-state index in [4.69, 9.17) is 40.1 Å². The van der Waals surface area contributed by atoms with Gasteiger partial charge in [0.05, 0.1) is 25.2 Å². The minimum atomic E-state index is -1.94. The lowest BCUT2D eigenvalue weighted by Gasteiger charge is -2.31. The molecule has 0 spiro atoms. The molecular weight excluding hydrogens is 1680 g/mol. The highest BCUT2D eigenvalue weighted by Crippen LogP contribution is 2.22. The number of nitrogens with two attached hydrogens (primary N) is 7. The third-order valence-electron chi connectivity index (χ3n) is 21.5. The fourth-order valence-corrected chi connectivity index (χ4v) is 14.2. The van der Waals surface area contributed by atoms with Crippen molar-refractivity contribution < 1.29 is 102 Å². The van der Waals surface area contributed by atoms with E-state index in [0.717, 1.165) is 4.90 Å². The molecule has 0 saturated carbocycles. The Morgan fingerprint density at radius 1 is 0.442 bits per heavy atom. The van der Waals surface area contributed by atoms with Crippen LogP contribution in [0.5, 0.6) is 5.75 Å². The number of benzene rings is 2. The summed E-state index contributed by atoms with van der Waals surface area (Å²) in [5.41, 5.74) is 40.8. The van der Waals surface area contributed by atoms with Crippen molar-refractivity contribution in [2.45, 2.75) is 295 Å². The van der Waals surface area contributed by atoms with Crippen LogP contribution >= 0.6 is 0 Å². The van der Waals surface area contributed by atoms with E-state index in [-0.39, 0.29) is 133 Å². The number of aliphatic hydroxyl groups excluding tert-OH is 2. The zero-order valence-electron chi connectivity index (χ0n) is 76.0. The molecular formula is C86H142N22O21.